The molecule has 0 spiro atoms. The van der Waals surface area contributed by atoms with Gasteiger partial charge in [-0.2, -0.15) is 0 Å². The van der Waals surface area contributed by atoms with Crippen LogP contribution in [0.15, 0.2) is 0 Å². The molecule has 2 saturated carbocycles. The van der Waals surface area contributed by atoms with Crippen molar-refractivity contribution in [3.8, 4) is 0 Å². The van der Waals surface area contributed by atoms with Crippen molar-refractivity contribution < 1.29 is 4.74 Å². The lowest BCUT2D eigenvalue weighted by atomic mass is 10.2. The van der Waals surface area contributed by atoms with Crippen LogP contribution >= 0.6 is 0 Å². The molecule has 2 nitrogen and oxygen atoms in total. The van der Waals surface area contributed by atoms with E-state index < -0.39 is 0 Å². The van der Waals surface area contributed by atoms with Gasteiger partial charge in [0.25, 0.3) is 0 Å². The van der Waals surface area contributed by atoms with Crippen molar-refractivity contribution in [2.24, 2.45) is 11.8 Å². The van der Waals surface area contributed by atoms with Gasteiger partial charge in [0.2, 0.25) is 0 Å². The first-order valence-electron chi connectivity index (χ1n) is 5.06. The standard InChI is InChI=1S/C10H19NO/c1-7-5-9(7)11-10(6-12-2)8-3-4-8/h7-11H,3-6H2,1-2H3. The minimum Gasteiger partial charge on any atom is -0.383 e. The summed E-state index contributed by atoms with van der Waals surface area (Å²) in [5.41, 5.74) is 0. The lowest BCUT2D eigenvalue weighted by molar-refractivity contribution is 0.156. The third-order valence-corrected chi connectivity index (χ3v) is 3.07. The van der Waals surface area contributed by atoms with Crippen LogP contribution in [0.2, 0.25) is 0 Å². The first-order valence-corrected chi connectivity index (χ1v) is 5.06. The number of ether oxygens (including phenoxy) is 1. The normalized spacial score (nSPS) is 36.5. The summed E-state index contributed by atoms with van der Waals surface area (Å²) < 4.78 is 5.21. The average Bonchev–Trinajstić information content (AvgIpc) is 2.86. The molecule has 0 heterocycles. The zero-order valence-corrected chi connectivity index (χ0v) is 8.05. The molecule has 0 radical (unpaired) electrons. The van der Waals surface area contributed by atoms with Gasteiger partial charge in [0, 0.05) is 19.2 Å². The summed E-state index contributed by atoms with van der Waals surface area (Å²) in [4.78, 5) is 0. The first-order chi connectivity index (χ1) is 5.81. The molecule has 3 atom stereocenters. The highest BCUT2D eigenvalue weighted by Crippen LogP contribution is 2.36. The Morgan fingerprint density at radius 1 is 1.50 bits per heavy atom. The Morgan fingerprint density at radius 3 is 2.58 bits per heavy atom. The molecule has 0 aromatic rings. The number of methoxy groups -OCH3 is 1. The maximum absolute atomic E-state index is 5.21. The molecule has 0 saturated heterocycles. The predicted molar refractivity (Wildman–Crippen MR) is 49.1 cm³/mol. The van der Waals surface area contributed by atoms with E-state index in [1.54, 1.807) is 7.11 Å². The Balaban J connectivity index is 1.72. The average molecular weight is 169 g/mol. The summed E-state index contributed by atoms with van der Waals surface area (Å²) in [6.45, 7) is 3.21. The molecule has 2 aliphatic rings. The Hall–Kier alpha value is -0.0800. The van der Waals surface area contributed by atoms with E-state index in [2.05, 4.69) is 12.2 Å². The van der Waals surface area contributed by atoms with Crippen LogP contribution < -0.4 is 5.32 Å². The van der Waals surface area contributed by atoms with Crippen molar-refractivity contribution in [1.82, 2.24) is 5.32 Å². The third-order valence-electron chi connectivity index (χ3n) is 3.07. The van der Waals surface area contributed by atoms with E-state index >= 15 is 0 Å². The fourth-order valence-corrected chi connectivity index (χ4v) is 1.83. The van der Waals surface area contributed by atoms with Gasteiger partial charge in [0.05, 0.1) is 6.61 Å². The van der Waals surface area contributed by atoms with Gasteiger partial charge in [-0.15, -0.1) is 0 Å². The molecular weight excluding hydrogens is 150 g/mol. The van der Waals surface area contributed by atoms with Gasteiger partial charge >= 0.3 is 0 Å². The molecule has 0 aromatic heterocycles. The Labute approximate surface area is 74.7 Å². The quantitative estimate of drug-likeness (QED) is 0.672. The summed E-state index contributed by atoms with van der Waals surface area (Å²) in [5.74, 6) is 1.82. The summed E-state index contributed by atoms with van der Waals surface area (Å²) in [7, 11) is 1.80. The molecule has 2 heteroatoms. The highest BCUT2D eigenvalue weighted by Gasteiger charge is 2.38. The van der Waals surface area contributed by atoms with Gasteiger partial charge in [-0.3, -0.25) is 0 Å². The second kappa shape index (κ2) is 3.35. The summed E-state index contributed by atoms with van der Waals surface area (Å²) in [6.07, 6.45) is 4.18. The van der Waals surface area contributed by atoms with E-state index in [0.717, 1.165) is 24.5 Å². The smallest absolute Gasteiger partial charge is 0.0618 e. The lowest BCUT2D eigenvalue weighted by Gasteiger charge is -2.16. The van der Waals surface area contributed by atoms with E-state index in [1.165, 1.54) is 19.3 Å². The topological polar surface area (TPSA) is 21.3 Å². The molecule has 3 unspecified atom stereocenters. The van der Waals surface area contributed by atoms with Crippen LogP contribution in [-0.2, 0) is 4.74 Å². The van der Waals surface area contributed by atoms with Gasteiger partial charge < -0.3 is 10.1 Å². The minimum absolute atomic E-state index is 0.643. The van der Waals surface area contributed by atoms with Crippen molar-refractivity contribution >= 4 is 0 Å². The van der Waals surface area contributed by atoms with Crippen molar-refractivity contribution in [3.63, 3.8) is 0 Å². The van der Waals surface area contributed by atoms with Crippen LogP contribution in [0.25, 0.3) is 0 Å². The zero-order valence-electron chi connectivity index (χ0n) is 8.05. The molecule has 70 valence electrons. The highest BCUT2D eigenvalue weighted by atomic mass is 16.5. The summed E-state index contributed by atoms with van der Waals surface area (Å²) in [6, 6.07) is 1.44. The molecule has 2 aliphatic carbocycles. The van der Waals surface area contributed by atoms with Crippen LogP contribution in [0.3, 0.4) is 0 Å². The van der Waals surface area contributed by atoms with Gasteiger partial charge in [0.1, 0.15) is 0 Å². The Morgan fingerprint density at radius 2 is 2.17 bits per heavy atom. The third kappa shape index (κ3) is 1.99. The van der Waals surface area contributed by atoms with Gasteiger partial charge in [-0.1, -0.05) is 6.92 Å². The van der Waals surface area contributed by atoms with Crippen LogP contribution in [-0.4, -0.2) is 25.8 Å². The van der Waals surface area contributed by atoms with E-state index in [1.807, 2.05) is 0 Å². The second-order valence-electron chi connectivity index (χ2n) is 4.39. The number of hydrogen-bond acceptors (Lipinski definition) is 2. The SMILES string of the molecule is COCC(NC1CC1C)C1CC1. The van der Waals surface area contributed by atoms with Crippen molar-refractivity contribution in [3.05, 3.63) is 0 Å². The lowest BCUT2D eigenvalue weighted by Crippen LogP contribution is -2.37. The van der Waals surface area contributed by atoms with Gasteiger partial charge in [0.15, 0.2) is 0 Å². The largest absolute Gasteiger partial charge is 0.383 e. The van der Waals surface area contributed by atoms with Crippen LogP contribution in [0, 0.1) is 11.8 Å². The fourth-order valence-electron chi connectivity index (χ4n) is 1.83. The predicted octanol–water partition coefficient (Wildman–Crippen LogP) is 1.41. The fraction of sp³-hybridized carbons (Fsp3) is 1.00. The van der Waals surface area contributed by atoms with Gasteiger partial charge in [-0.05, 0) is 31.1 Å². The Bertz CT molecular complexity index is 156. The number of nitrogens with one attached hydrogen (secondary N) is 1. The van der Waals surface area contributed by atoms with Crippen molar-refractivity contribution in [1.29, 1.82) is 0 Å². The molecule has 0 bridgehead atoms. The molecule has 2 fully saturated rings. The molecule has 0 aliphatic heterocycles. The maximum Gasteiger partial charge on any atom is 0.0618 e. The van der Waals surface area contributed by atoms with Crippen LogP contribution in [0.1, 0.15) is 26.2 Å². The molecule has 12 heavy (non-hydrogen) atoms. The van der Waals surface area contributed by atoms with E-state index in [-0.39, 0.29) is 0 Å². The monoisotopic (exact) mass is 169 g/mol. The van der Waals surface area contributed by atoms with Crippen molar-refractivity contribution in [2.45, 2.75) is 38.3 Å². The maximum atomic E-state index is 5.21. The van der Waals surface area contributed by atoms with Crippen molar-refractivity contribution in [2.75, 3.05) is 13.7 Å². The molecule has 0 amide bonds. The minimum atomic E-state index is 0.643. The molecule has 1 N–H and O–H groups in total. The Kier molecular flexibility index (Phi) is 2.37. The number of hydrogen-bond donors (Lipinski definition) is 1. The van der Waals surface area contributed by atoms with Crippen LogP contribution in [0.4, 0.5) is 0 Å². The van der Waals surface area contributed by atoms with Crippen LogP contribution in [0.5, 0.6) is 0 Å². The summed E-state index contributed by atoms with van der Waals surface area (Å²) in [5, 5.41) is 3.68. The first kappa shape index (κ1) is 8.52. The van der Waals surface area contributed by atoms with E-state index in [9.17, 15) is 0 Å². The number of rotatable bonds is 5. The zero-order chi connectivity index (χ0) is 8.55. The second-order valence-corrected chi connectivity index (χ2v) is 4.39. The summed E-state index contributed by atoms with van der Waals surface area (Å²) >= 11 is 0. The van der Waals surface area contributed by atoms with Gasteiger partial charge in [-0.25, -0.2) is 0 Å². The van der Waals surface area contributed by atoms with E-state index in [0.29, 0.717) is 6.04 Å². The molecule has 0 aromatic carbocycles. The highest BCUT2D eigenvalue weighted by molar-refractivity contribution is 4.96. The molecular formula is C10H19NO. The molecule has 2 rings (SSSR count). The van der Waals surface area contributed by atoms with E-state index in [4.69, 9.17) is 4.74 Å².